The van der Waals surface area contributed by atoms with Gasteiger partial charge in [0.2, 0.25) is 0 Å². The average Bonchev–Trinajstić information content (AvgIpc) is 2.51. The standard InChI is InChI=1S/C19H24ClN/c1-3-12-21-19(14-16-8-7-11-18(20)13-16)15(2)17-9-5-4-6-10-17/h4-11,13,15,19,21H,3,12,14H2,1-2H3. The van der Waals surface area contributed by atoms with Crippen molar-refractivity contribution in [3.05, 3.63) is 70.7 Å². The maximum atomic E-state index is 6.11. The molecule has 112 valence electrons. The summed E-state index contributed by atoms with van der Waals surface area (Å²) in [7, 11) is 0. The Balaban J connectivity index is 2.14. The minimum atomic E-state index is 0.422. The Morgan fingerprint density at radius 2 is 1.81 bits per heavy atom. The van der Waals surface area contributed by atoms with E-state index in [1.807, 2.05) is 12.1 Å². The Labute approximate surface area is 133 Å². The van der Waals surface area contributed by atoms with E-state index >= 15 is 0 Å². The summed E-state index contributed by atoms with van der Waals surface area (Å²) in [4.78, 5) is 0. The van der Waals surface area contributed by atoms with Gasteiger partial charge < -0.3 is 5.32 Å². The number of hydrogen-bond donors (Lipinski definition) is 1. The Hall–Kier alpha value is -1.31. The third-order valence-corrected chi connectivity index (χ3v) is 4.17. The first-order valence-electron chi connectivity index (χ1n) is 7.73. The van der Waals surface area contributed by atoms with E-state index in [9.17, 15) is 0 Å². The number of hydrogen-bond acceptors (Lipinski definition) is 1. The molecule has 2 atom stereocenters. The smallest absolute Gasteiger partial charge is 0.0408 e. The van der Waals surface area contributed by atoms with Crippen LogP contribution in [0.4, 0.5) is 0 Å². The van der Waals surface area contributed by atoms with Gasteiger partial charge in [-0.15, -0.1) is 0 Å². The van der Waals surface area contributed by atoms with Gasteiger partial charge in [-0.1, -0.05) is 67.9 Å². The lowest BCUT2D eigenvalue weighted by molar-refractivity contribution is 0.447. The van der Waals surface area contributed by atoms with E-state index < -0.39 is 0 Å². The van der Waals surface area contributed by atoms with E-state index in [2.05, 4.69) is 61.6 Å². The average molecular weight is 302 g/mol. The summed E-state index contributed by atoms with van der Waals surface area (Å²) >= 11 is 6.11. The van der Waals surface area contributed by atoms with Gasteiger partial charge in [0, 0.05) is 11.1 Å². The van der Waals surface area contributed by atoms with E-state index in [1.54, 1.807) is 0 Å². The fourth-order valence-corrected chi connectivity index (χ4v) is 2.88. The molecule has 0 radical (unpaired) electrons. The molecule has 0 amide bonds. The van der Waals surface area contributed by atoms with Crippen LogP contribution in [0, 0.1) is 0 Å². The summed E-state index contributed by atoms with van der Waals surface area (Å²) in [5.41, 5.74) is 2.67. The van der Waals surface area contributed by atoms with Gasteiger partial charge in [0.25, 0.3) is 0 Å². The molecule has 0 aliphatic rings. The normalized spacial score (nSPS) is 13.9. The van der Waals surface area contributed by atoms with E-state index in [1.165, 1.54) is 11.1 Å². The number of benzene rings is 2. The van der Waals surface area contributed by atoms with Crippen molar-refractivity contribution in [2.45, 2.75) is 38.6 Å². The van der Waals surface area contributed by atoms with Crippen LogP contribution in [0.2, 0.25) is 5.02 Å². The predicted octanol–water partition coefficient (Wildman–Crippen LogP) is 5.05. The Bertz CT molecular complexity index is 538. The van der Waals surface area contributed by atoms with Crippen LogP contribution >= 0.6 is 11.6 Å². The lowest BCUT2D eigenvalue weighted by atomic mass is 9.89. The van der Waals surface area contributed by atoms with Gasteiger partial charge in [-0.25, -0.2) is 0 Å². The monoisotopic (exact) mass is 301 g/mol. The highest BCUT2D eigenvalue weighted by molar-refractivity contribution is 6.30. The summed E-state index contributed by atoms with van der Waals surface area (Å²) in [6, 6.07) is 19.3. The zero-order chi connectivity index (χ0) is 15.1. The fourth-order valence-electron chi connectivity index (χ4n) is 2.66. The summed E-state index contributed by atoms with van der Waals surface area (Å²) < 4.78 is 0. The molecule has 2 unspecified atom stereocenters. The lowest BCUT2D eigenvalue weighted by Gasteiger charge is -2.26. The molecular weight excluding hydrogens is 278 g/mol. The third-order valence-electron chi connectivity index (χ3n) is 3.93. The maximum absolute atomic E-state index is 6.11. The van der Waals surface area contributed by atoms with Crippen molar-refractivity contribution in [1.82, 2.24) is 5.32 Å². The molecule has 0 spiro atoms. The van der Waals surface area contributed by atoms with Gasteiger partial charge in [0.15, 0.2) is 0 Å². The van der Waals surface area contributed by atoms with E-state index in [0.29, 0.717) is 12.0 Å². The molecule has 0 bridgehead atoms. The minimum Gasteiger partial charge on any atom is -0.313 e. The van der Waals surface area contributed by atoms with Gasteiger partial charge in [-0.2, -0.15) is 0 Å². The van der Waals surface area contributed by atoms with Crippen LogP contribution in [0.25, 0.3) is 0 Å². The SMILES string of the molecule is CCCNC(Cc1cccc(Cl)c1)C(C)c1ccccc1. The van der Waals surface area contributed by atoms with Gasteiger partial charge in [-0.05, 0) is 48.6 Å². The Morgan fingerprint density at radius 3 is 2.48 bits per heavy atom. The summed E-state index contributed by atoms with van der Waals surface area (Å²) in [5, 5.41) is 4.51. The van der Waals surface area contributed by atoms with Crippen LogP contribution in [0.15, 0.2) is 54.6 Å². The molecule has 2 rings (SSSR count). The molecule has 21 heavy (non-hydrogen) atoms. The zero-order valence-electron chi connectivity index (χ0n) is 12.9. The number of halogens is 1. The quantitative estimate of drug-likeness (QED) is 0.754. The number of nitrogens with one attached hydrogen (secondary N) is 1. The second kappa shape index (κ2) is 8.21. The molecule has 0 saturated heterocycles. The molecule has 2 heteroatoms. The van der Waals surface area contributed by atoms with E-state index in [0.717, 1.165) is 24.4 Å². The minimum absolute atomic E-state index is 0.422. The van der Waals surface area contributed by atoms with Gasteiger partial charge >= 0.3 is 0 Å². The molecule has 2 aromatic carbocycles. The molecule has 0 saturated carbocycles. The molecule has 0 aromatic heterocycles. The summed E-state index contributed by atoms with van der Waals surface area (Å²) in [6.45, 7) is 5.55. The molecule has 1 N–H and O–H groups in total. The largest absolute Gasteiger partial charge is 0.313 e. The first kappa shape index (κ1) is 16.1. The van der Waals surface area contributed by atoms with Crippen molar-refractivity contribution in [3.8, 4) is 0 Å². The highest BCUT2D eigenvalue weighted by Gasteiger charge is 2.18. The van der Waals surface area contributed by atoms with Gasteiger partial charge in [0.1, 0.15) is 0 Å². The van der Waals surface area contributed by atoms with Crippen molar-refractivity contribution < 1.29 is 0 Å². The van der Waals surface area contributed by atoms with Crippen molar-refractivity contribution >= 4 is 11.6 Å². The van der Waals surface area contributed by atoms with Crippen molar-refractivity contribution in [2.75, 3.05) is 6.54 Å². The van der Waals surface area contributed by atoms with E-state index in [-0.39, 0.29) is 0 Å². The molecule has 0 aliphatic carbocycles. The summed E-state index contributed by atoms with van der Waals surface area (Å²) in [6.07, 6.45) is 2.14. The second-order valence-electron chi connectivity index (χ2n) is 5.59. The first-order chi connectivity index (χ1) is 10.2. The van der Waals surface area contributed by atoms with Crippen molar-refractivity contribution in [2.24, 2.45) is 0 Å². The predicted molar refractivity (Wildman–Crippen MR) is 92.1 cm³/mol. The molecular formula is C19H24ClN. The molecule has 0 aliphatic heterocycles. The van der Waals surface area contributed by atoms with E-state index in [4.69, 9.17) is 11.6 Å². The topological polar surface area (TPSA) is 12.0 Å². The summed E-state index contributed by atoms with van der Waals surface area (Å²) in [5.74, 6) is 0.469. The van der Waals surface area contributed by atoms with Crippen LogP contribution in [-0.2, 0) is 6.42 Å². The highest BCUT2D eigenvalue weighted by Crippen LogP contribution is 2.23. The van der Waals surface area contributed by atoms with Crippen molar-refractivity contribution in [1.29, 1.82) is 0 Å². The molecule has 0 heterocycles. The van der Waals surface area contributed by atoms with Crippen LogP contribution in [0.3, 0.4) is 0 Å². The molecule has 1 nitrogen and oxygen atoms in total. The van der Waals surface area contributed by atoms with Gasteiger partial charge in [-0.3, -0.25) is 0 Å². The van der Waals surface area contributed by atoms with Crippen LogP contribution in [0.5, 0.6) is 0 Å². The van der Waals surface area contributed by atoms with Crippen LogP contribution in [0.1, 0.15) is 37.3 Å². The zero-order valence-corrected chi connectivity index (χ0v) is 13.6. The Kier molecular flexibility index (Phi) is 6.28. The van der Waals surface area contributed by atoms with Crippen LogP contribution < -0.4 is 5.32 Å². The third kappa shape index (κ3) is 4.87. The van der Waals surface area contributed by atoms with Crippen LogP contribution in [-0.4, -0.2) is 12.6 Å². The first-order valence-corrected chi connectivity index (χ1v) is 8.11. The fraction of sp³-hybridized carbons (Fsp3) is 0.368. The second-order valence-corrected chi connectivity index (χ2v) is 6.03. The highest BCUT2D eigenvalue weighted by atomic mass is 35.5. The molecule has 0 fully saturated rings. The van der Waals surface area contributed by atoms with Gasteiger partial charge in [0.05, 0.1) is 0 Å². The Morgan fingerprint density at radius 1 is 1.05 bits per heavy atom. The maximum Gasteiger partial charge on any atom is 0.0408 e. The van der Waals surface area contributed by atoms with Crippen molar-refractivity contribution in [3.63, 3.8) is 0 Å². The number of rotatable bonds is 7. The lowest BCUT2D eigenvalue weighted by Crippen LogP contribution is -2.36. The molecule has 2 aromatic rings.